The Hall–Kier alpha value is -0.430. The second kappa shape index (κ2) is 6.13. The van der Waals surface area contributed by atoms with E-state index in [1.54, 1.807) is 15.6 Å². The van der Waals surface area contributed by atoms with E-state index in [0.717, 1.165) is 32.1 Å². The Morgan fingerprint density at radius 1 is 1.25 bits per heavy atom. The van der Waals surface area contributed by atoms with Crippen molar-refractivity contribution < 1.29 is 13.2 Å². The minimum absolute atomic E-state index is 0.117. The predicted octanol–water partition coefficient (Wildman–Crippen LogP) is 2.26. The van der Waals surface area contributed by atoms with Gasteiger partial charge in [0.1, 0.15) is 0 Å². The molecule has 1 aliphatic heterocycles. The van der Waals surface area contributed by atoms with Gasteiger partial charge in [0.25, 0.3) is 0 Å². The maximum Gasteiger partial charge on any atom is 0.217 e. The fraction of sp³-hybridized carbons (Fsp3) is 0.714. The van der Waals surface area contributed by atoms with Crippen LogP contribution in [0.1, 0.15) is 30.6 Å². The molecular formula is C14H21NO3S2. The van der Waals surface area contributed by atoms with Crippen LogP contribution in [0.15, 0.2) is 17.5 Å². The van der Waals surface area contributed by atoms with Gasteiger partial charge in [-0.25, -0.2) is 8.42 Å². The van der Waals surface area contributed by atoms with Gasteiger partial charge in [0.15, 0.2) is 0 Å². The Bertz CT molecular complexity index is 517. The second-order valence-corrected chi connectivity index (χ2v) is 8.73. The van der Waals surface area contributed by atoms with Crippen molar-refractivity contribution in [2.24, 2.45) is 0 Å². The number of hydrogen-bond donors (Lipinski definition) is 0. The van der Waals surface area contributed by atoms with Crippen molar-refractivity contribution in [3.8, 4) is 0 Å². The molecule has 0 aromatic carbocycles. The molecule has 0 spiro atoms. The van der Waals surface area contributed by atoms with Gasteiger partial charge >= 0.3 is 0 Å². The second-order valence-electron chi connectivity index (χ2n) is 5.53. The minimum atomic E-state index is -3.10. The number of ether oxygens (including phenoxy) is 1. The van der Waals surface area contributed by atoms with Gasteiger partial charge in [-0.3, -0.25) is 0 Å². The lowest BCUT2D eigenvalue weighted by Crippen LogP contribution is -2.45. The number of hydrogen-bond acceptors (Lipinski definition) is 4. The number of sulfonamides is 1. The molecule has 0 bridgehead atoms. The summed E-state index contributed by atoms with van der Waals surface area (Å²) in [7, 11) is -3.10. The van der Waals surface area contributed by atoms with E-state index in [2.05, 4.69) is 6.07 Å². The highest BCUT2D eigenvalue weighted by Gasteiger charge is 2.42. The molecule has 0 radical (unpaired) electrons. The van der Waals surface area contributed by atoms with Crippen LogP contribution in [0.3, 0.4) is 0 Å². The zero-order valence-electron chi connectivity index (χ0n) is 11.5. The van der Waals surface area contributed by atoms with Crippen molar-refractivity contribution in [3.05, 3.63) is 22.4 Å². The van der Waals surface area contributed by atoms with Crippen LogP contribution >= 0.6 is 11.3 Å². The summed E-state index contributed by atoms with van der Waals surface area (Å²) in [5.74, 6) is 0. The molecule has 1 saturated carbocycles. The summed E-state index contributed by atoms with van der Waals surface area (Å²) in [6.45, 7) is 1.98. The van der Waals surface area contributed by atoms with Crippen LogP contribution in [0, 0.1) is 0 Å². The van der Waals surface area contributed by atoms with Crippen LogP contribution in [0.25, 0.3) is 0 Å². The Kier molecular flexibility index (Phi) is 4.45. The Morgan fingerprint density at radius 3 is 2.60 bits per heavy atom. The molecule has 2 aliphatic rings. The van der Waals surface area contributed by atoms with E-state index in [1.807, 2.05) is 11.4 Å². The molecule has 2 heterocycles. The maximum absolute atomic E-state index is 12.6. The molecule has 20 heavy (non-hydrogen) atoms. The summed E-state index contributed by atoms with van der Waals surface area (Å²) in [4.78, 5) is 1.26. The van der Waals surface area contributed by atoms with E-state index in [4.69, 9.17) is 4.74 Å². The zero-order valence-corrected chi connectivity index (χ0v) is 13.2. The van der Waals surface area contributed by atoms with Gasteiger partial charge in [-0.15, -0.1) is 11.3 Å². The third kappa shape index (κ3) is 3.24. The summed E-state index contributed by atoms with van der Waals surface area (Å²) in [5.41, 5.74) is 0. The Morgan fingerprint density at radius 2 is 2.00 bits per heavy atom. The average molecular weight is 315 g/mol. The van der Waals surface area contributed by atoms with Gasteiger partial charge in [0, 0.05) is 30.7 Å². The molecule has 3 rings (SSSR count). The van der Waals surface area contributed by atoms with Gasteiger partial charge in [-0.05, 0) is 43.6 Å². The average Bonchev–Trinajstić information content (AvgIpc) is 3.20. The van der Waals surface area contributed by atoms with Crippen LogP contribution in [-0.2, 0) is 21.2 Å². The van der Waals surface area contributed by atoms with Crippen LogP contribution in [0.5, 0.6) is 0 Å². The molecule has 1 aliphatic carbocycles. The molecule has 2 fully saturated rings. The molecule has 1 aromatic heterocycles. The van der Waals surface area contributed by atoms with Crippen LogP contribution < -0.4 is 0 Å². The quantitative estimate of drug-likeness (QED) is 0.809. The molecule has 112 valence electrons. The molecular weight excluding hydrogens is 294 g/mol. The monoisotopic (exact) mass is 315 g/mol. The van der Waals surface area contributed by atoms with Gasteiger partial charge in [0.05, 0.1) is 5.25 Å². The van der Waals surface area contributed by atoms with E-state index in [1.165, 1.54) is 4.88 Å². The van der Waals surface area contributed by atoms with E-state index < -0.39 is 10.0 Å². The van der Waals surface area contributed by atoms with Crippen molar-refractivity contribution in [3.63, 3.8) is 0 Å². The summed E-state index contributed by atoms with van der Waals surface area (Å²) in [5, 5.41) is 1.93. The van der Waals surface area contributed by atoms with Gasteiger partial charge in [-0.1, -0.05) is 6.07 Å². The SMILES string of the molecule is O=S(=O)(C1CC1)N(CCc1cccs1)C1CCOCC1. The van der Waals surface area contributed by atoms with Crippen molar-refractivity contribution >= 4 is 21.4 Å². The van der Waals surface area contributed by atoms with E-state index in [-0.39, 0.29) is 11.3 Å². The van der Waals surface area contributed by atoms with Crippen LogP contribution in [-0.4, -0.2) is 43.8 Å². The zero-order chi connectivity index (χ0) is 14.0. The number of rotatable bonds is 6. The normalized spacial score (nSPS) is 21.4. The predicted molar refractivity (Wildman–Crippen MR) is 80.5 cm³/mol. The first-order chi connectivity index (χ1) is 9.68. The minimum Gasteiger partial charge on any atom is -0.381 e. The van der Waals surface area contributed by atoms with Gasteiger partial charge < -0.3 is 4.74 Å². The number of nitrogens with zero attached hydrogens (tertiary/aromatic N) is 1. The molecule has 0 atom stereocenters. The molecule has 4 nitrogen and oxygen atoms in total. The first kappa shape index (κ1) is 14.5. The summed E-state index contributed by atoms with van der Waals surface area (Å²) in [6, 6.07) is 4.24. The summed E-state index contributed by atoms with van der Waals surface area (Å²) in [6.07, 6.45) is 4.15. The van der Waals surface area contributed by atoms with E-state index in [9.17, 15) is 8.42 Å². The van der Waals surface area contributed by atoms with Crippen molar-refractivity contribution in [1.82, 2.24) is 4.31 Å². The van der Waals surface area contributed by atoms with Crippen molar-refractivity contribution in [1.29, 1.82) is 0 Å². The van der Waals surface area contributed by atoms with Gasteiger partial charge in [0.2, 0.25) is 10.0 Å². The molecule has 1 saturated heterocycles. The third-order valence-electron chi connectivity index (χ3n) is 4.03. The molecule has 1 aromatic rings. The highest BCUT2D eigenvalue weighted by Crippen LogP contribution is 2.33. The lowest BCUT2D eigenvalue weighted by Gasteiger charge is -2.33. The molecule has 0 N–H and O–H groups in total. The Labute approximate surface area is 124 Å². The molecule has 6 heteroatoms. The van der Waals surface area contributed by atoms with Crippen molar-refractivity contribution in [2.45, 2.75) is 43.4 Å². The fourth-order valence-electron chi connectivity index (χ4n) is 2.72. The fourth-order valence-corrected chi connectivity index (χ4v) is 5.51. The maximum atomic E-state index is 12.6. The standard InChI is InChI=1S/C14H21NO3S2/c16-20(17,14-3-4-14)15(12-6-9-18-10-7-12)8-5-13-2-1-11-19-13/h1-2,11-12,14H,3-10H2. The lowest BCUT2D eigenvalue weighted by atomic mass is 10.1. The smallest absolute Gasteiger partial charge is 0.217 e. The van der Waals surface area contributed by atoms with E-state index >= 15 is 0 Å². The number of thiophene rings is 1. The Balaban J connectivity index is 1.72. The van der Waals surface area contributed by atoms with E-state index in [0.29, 0.717) is 19.8 Å². The highest BCUT2D eigenvalue weighted by atomic mass is 32.2. The topological polar surface area (TPSA) is 46.6 Å². The first-order valence-electron chi connectivity index (χ1n) is 7.29. The third-order valence-corrected chi connectivity index (χ3v) is 7.41. The largest absolute Gasteiger partial charge is 0.381 e. The van der Waals surface area contributed by atoms with Crippen LogP contribution in [0.2, 0.25) is 0 Å². The van der Waals surface area contributed by atoms with Crippen molar-refractivity contribution in [2.75, 3.05) is 19.8 Å². The molecule has 0 amide bonds. The summed E-state index contributed by atoms with van der Waals surface area (Å²) >= 11 is 1.70. The first-order valence-corrected chi connectivity index (χ1v) is 9.67. The lowest BCUT2D eigenvalue weighted by molar-refractivity contribution is 0.0586. The molecule has 0 unspecified atom stereocenters. The van der Waals surface area contributed by atoms with Crippen LogP contribution in [0.4, 0.5) is 0 Å². The highest BCUT2D eigenvalue weighted by molar-refractivity contribution is 7.90. The van der Waals surface area contributed by atoms with Gasteiger partial charge in [-0.2, -0.15) is 4.31 Å². The summed E-state index contributed by atoms with van der Waals surface area (Å²) < 4.78 is 32.4.